The Labute approximate surface area is 163 Å². The van der Waals surface area contributed by atoms with E-state index in [1.165, 1.54) is 0 Å². The van der Waals surface area contributed by atoms with Gasteiger partial charge in [0.15, 0.2) is 5.82 Å². The topological polar surface area (TPSA) is 111 Å². The molecule has 7 nitrogen and oxygen atoms in total. The molecule has 3 aromatic rings. The van der Waals surface area contributed by atoms with Crippen molar-refractivity contribution in [3.05, 3.63) is 58.3 Å². The average molecular weight is 375 g/mol. The Morgan fingerprint density at radius 3 is 2.61 bits per heavy atom. The summed E-state index contributed by atoms with van der Waals surface area (Å²) in [6, 6.07) is 11.1. The van der Waals surface area contributed by atoms with Crippen molar-refractivity contribution < 1.29 is 9.90 Å². The Morgan fingerprint density at radius 1 is 1.21 bits per heavy atom. The van der Waals surface area contributed by atoms with Crippen molar-refractivity contribution in [2.24, 2.45) is 0 Å². The number of nitrogens with one attached hydrogen (secondary N) is 2. The van der Waals surface area contributed by atoms with Crippen molar-refractivity contribution in [1.29, 1.82) is 5.26 Å². The molecule has 1 aromatic heterocycles. The number of nitriles is 1. The van der Waals surface area contributed by atoms with Gasteiger partial charge in [-0.2, -0.15) is 10.4 Å². The second-order valence-electron chi connectivity index (χ2n) is 6.63. The van der Waals surface area contributed by atoms with Crippen LogP contribution in [0.1, 0.15) is 45.7 Å². The molecule has 0 saturated heterocycles. The van der Waals surface area contributed by atoms with Gasteiger partial charge in [0, 0.05) is 23.5 Å². The number of anilines is 2. The molecule has 1 heterocycles. The molecule has 0 spiro atoms. The molecule has 3 N–H and O–H groups in total. The fraction of sp³-hybridized carbons (Fsp3) is 0.238. The van der Waals surface area contributed by atoms with Gasteiger partial charge in [-0.25, -0.2) is 4.79 Å². The highest BCUT2D eigenvalue weighted by atomic mass is 16.4. The van der Waals surface area contributed by atoms with Crippen molar-refractivity contribution in [3.8, 4) is 6.07 Å². The van der Waals surface area contributed by atoms with E-state index in [0.717, 1.165) is 21.9 Å². The fourth-order valence-electron chi connectivity index (χ4n) is 3.34. The van der Waals surface area contributed by atoms with Gasteiger partial charge in [-0.1, -0.05) is 12.1 Å². The molecule has 0 aliphatic heterocycles. The summed E-state index contributed by atoms with van der Waals surface area (Å²) in [6.45, 7) is 5.71. The molecular weight excluding hydrogens is 354 g/mol. The molecule has 28 heavy (non-hydrogen) atoms. The summed E-state index contributed by atoms with van der Waals surface area (Å²) in [5.74, 6) is -0.447. The third kappa shape index (κ3) is 3.32. The number of fused-ring (bicyclic) bond motifs is 1. The lowest BCUT2D eigenvalue weighted by molar-refractivity contribution is 0.0698. The number of benzene rings is 2. The van der Waals surface area contributed by atoms with Crippen LogP contribution in [0, 0.1) is 25.2 Å². The van der Waals surface area contributed by atoms with Gasteiger partial charge in [-0.05, 0) is 50.1 Å². The van der Waals surface area contributed by atoms with Crippen LogP contribution in [-0.4, -0.2) is 28.3 Å². The van der Waals surface area contributed by atoms with E-state index in [1.54, 1.807) is 32.2 Å². The summed E-state index contributed by atoms with van der Waals surface area (Å²) in [5.41, 5.74) is 3.88. The average Bonchev–Trinajstić information content (AvgIpc) is 2.69. The minimum absolute atomic E-state index is 0.120. The molecule has 3 rings (SSSR count). The highest BCUT2D eigenvalue weighted by molar-refractivity contribution is 6.04. The summed E-state index contributed by atoms with van der Waals surface area (Å²) < 4.78 is 0. The standard InChI is InChI=1S/C21H21N5O2/c1-11-14(10-22)6-5-7-15(11)12(2)24-20-17-9-19(23-4)18(21(27)28)8-16(17)13(3)25-26-20/h5-9,12,23H,1-4H3,(H,24,26)(H,27,28)/t12-/m1/s1. The van der Waals surface area contributed by atoms with Crippen LogP contribution in [0.5, 0.6) is 0 Å². The first-order valence-electron chi connectivity index (χ1n) is 8.85. The quantitative estimate of drug-likeness (QED) is 0.617. The van der Waals surface area contributed by atoms with E-state index in [9.17, 15) is 15.2 Å². The maximum absolute atomic E-state index is 11.6. The summed E-state index contributed by atoms with van der Waals surface area (Å²) in [7, 11) is 1.68. The zero-order chi connectivity index (χ0) is 20.4. The molecule has 2 aromatic carbocycles. The molecule has 0 amide bonds. The molecular formula is C21H21N5O2. The summed E-state index contributed by atoms with van der Waals surface area (Å²) in [4.78, 5) is 11.6. The van der Waals surface area contributed by atoms with E-state index in [0.29, 0.717) is 22.8 Å². The Hall–Kier alpha value is -3.66. The molecule has 0 aliphatic carbocycles. The minimum Gasteiger partial charge on any atom is -0.478 e. The zero-order valence-corrected chi connectivity index (χ0v) is 16.2. The van der Waals surface area contributed by atoms with Crippen LogP contribution in [-0.2, 0) is 0 Å². The number of aryl methyl sites for hydroxylation is 1. The number of rotatable bonds is 5. The van der Waals surface area contributed by atoms with Crippen molar-refractivity contribution in [3.63, 3.8) is 0 Å². The van der Waals surface area contributed by atoms with Gasteiger partial charge in [0.2, 0.25) is 0 Å². The third-order valence-corrected chi connectivity index (χ3v) is 4.92. The van der Waals surface area contributed by atoms with E-state index < -0.39 is 5.97 Å². The van der Waals surface area contributed by atoms with Crippen LogP contribution >= 0.6 is 0 Å². The van der Waals surface area contributed by atoms with Gasteiger partial charge in [-0.3, -0.25) is 0 Å². The van der Waals surface area contributed by atoms with Crippen LogP contribution in [0.4, 0.5) is 11.5 Å². The Bertz CT molecular complexity index is 1120. The van der Waals surface area contributed by atoms with Gasteiger partial charge in [0.05, 0.1) is 28.9 Å². The smallest absolute Gasteiger partial charge is 0.337 e. The number of hydrogen-bond donors (Lipinski definition) is 3. The van der Waals surface area contributed by atoms with Crippen LogP contribution < -0.4 is 10.6 Å². The van der Waals surface area contributed by atoms with Gasteiger partial charge < -0.3 is 15.7 Å². The van der Waals surface area contributed by atoms with Crippen molar-refractivity contribution in [2.45, 2.75) is 26.8 Å². The monoisotopic (exact) mass is 375 g/mol. The Morgan fingerprint density at radius 2 is 1.96 bits per heavy atom. The Balaban J connectivity index is 2.10. The summed E-state index contributed by atoms with van der Waals surface area (Å²) >= 11 is 0. The number of carboxylic acid groups (broad SMARTS) is 1. The highest BCUT2D eigenvalue weighted by Crippen LogP contribution is 2.32. The molecule has 0 unspecified atom stereocenters. The SMILES string of the molecule is CNc1cc2c(N[C@H](C)c3cccc(C#N)c3C)nnc(C)c2cc1C(=O)O. The van der Waals surface area contributed by atoms with Crippen molar-refractivity contribution in [2.75, 3.05) is 17.7 Å². The second kappa shape index (κ2) is 7.53. The Kier molecular flexibility index (Phi) is 5.14. The third-order valence-electron chi connectivity index (χ3n) is 4.92. The molecule has 0 radical (unpaired) electrons. The number of nitrogens with zero attached hydrogens (tertiary/aromatic N) is 3. The van der Waals surface area contributed by atoms with E-state index >= 15 is 0 Å². The largest absolute Gasteiger partial charge is 0.478 e. The molecule has 0 aliphatic rings. The van der Waals surface area contributed by atoms with E-state index in [1.807, 2.05) is 26.0 Å². The molecule has 7 heteroatoms. The highest BCUT2D eigenvalue weighted by Gasteiger charge is 2.17. The van der Waals surface area contributed by atoms with Gasteiger partial charge in [0.1, 0.15) is 0 Å². The van der Waals surface area contributed by atoms with Crippen LogP contribution in [0.15, 0.2) is 30.3 Å². The first-order chi connectivity index (χ1) is 13.4. The number of carbonyl (C=O) groups is 1. The first kappa shape index (κ1) is 19.1. The van der Waals surface area contributed by atoms with Crippen LogP contribution in [0.2, 0.25) is 0 Å². The lowest BCUT2D eigenvalue weighted by atomic mass is 9.98. The normalized spacial score (nSPS) is 11.7. The number of aromatic carboxylic acids is 1. The summed E-state index contributed by atoms with van der Waals surface area (Å²) in [6.07, 6.45) is 0. The molecule has 0 saturated carbocycles. The number of carboxylic acids is 1. The van der Waals surface area contributed by atoms with Crippen molar-refractivity contribution >= 4 is 28.2 Å². The van der Waals surface area contributed by atoms with Gasteiger partial charge in [-0.15, -0.1) is 5.10 Å². The predicted octanol–water partition coefficient (Wildman–Crippen LogP) is 4.03. The number of hydrogen-bond acceptors (Lipinski definition) is 6. The molecule has 0 fully saturated rings. The van der Waals surface area contributed by atoms with Crippen LogP contribution in [0.3, 0.4) is 0 Å². The minimum atomic E-state index is -1.01. The number of aromatic nitrogens is 2. The fourth-order valence-corrected chi connectivity index (χ4v) is 3.34. The lowest BCUT2D eigenvalue weighted by Crippen LogP contribution is -2.12. The van der Waals surface area contributed by atoms with E-state index in [4.69, 9.17) is 0 Å². The molecule has 1 atom stereocenters. The first-order valence-corrected chi connectivity index (χ1v) is 8.85. The van der Waals surface area contributed by atoms with Gasteiger partial charge >= 0.3 is 5.97 Å². The molecule has 142 valence electrons. The molecule has 0 bridgehead atoms. The maximum atomic E-state index is 11.6. The summed E-state index contributed by atoms with van der Waals surface area (Å²) in [5, 5.41) is 35.0. The second-order valence-corrected chi connectivity index (χ2v) is 6.63. The van der Waals surface area contributed by atoms with Crippen LogP contribution in [0.25, 0.3) is 10.8 Å². The predicted molar refractivity (Wildman–Crippen MR) is 109 cm³/mol. The van der Waals surface area contributed by atoms with E-state index in [2.05, 4.69) is 26.9 Å². The lowest BCUT2D eigenvalue weighted by Gasteiger charge is -2.19. The zero-order valence-electron chi connectivity index (χ0n) is 16.2. The maximum Gasteiger partial charge on any atom is 0.337 e. The van der Waals surface area contributed by atoms with Gasteiger partial charge in [0.25, 0.3) is 0 Å². The van der Waals surface area contributed by atoms with E-state index in [-0.39, 0.29) is 11.6 Å². The van der Waals surface area contributed by atoms with Crippen molar-refractivity contribution in [1.82, 2.24) is 10.2 Å².